The van der Waals surface area contributed by atoms with E-state index in [-0.39, 0.29) is 15.2 Å². The lowest BCUT2D eigenvalue weighted by Crippen LogP contribution is -2.38. The lowest BCUT2D eigenvalue weighted by Gasteiger charge is -2.35. The van der Waals surface area contributed by atoms with Crippen LogP contribution in [0.4, 0.5) is 0 Å². The van der Waals surface area contributed by atoms with Crippen LogP contribution in [-0.2, 0) is 15.3 Å². The molecule has 6 heteroatoms. The Balaban J connectivity index is 2.09. The van der Waals surface area contributed by atoms with Gasteiger partial charge >= 0.3 is 0 Å². The molecule has 1 aliphatic rings. The van der Waals surface area contributed by atoms with Crippen LogP contribution in [0.2, 0.25) is 5.02 Å². The van der Waals surface area contributed by atoms with Crippen LogP contribution in [0, 0.1) is 0 Å². The van der Waals surface area contributed by atoms with E-state index < -0.39 is 9.84 Å². The Labute approximate surface area is 154 Å². The molecule has 4 nitrogen and oxygen atoms in total. The summed E-state index contributed by atoms with van der Waals surface area (Å²) in [6.07, 6.45) is 1.88. The van der Waals surface area contributed by atoms with E-state index in [9.17, 15) is 8.42 Å². The number of hydrogen-bond acceptors (Lipinski definition) is 4. The highest BCUT2D eigenvalue weighted by Crippen LogP contribution is 2.40. The van der Waals surface area contributed by atoms with Gasteiger partial charge < -0.3 is 10.1 Å². The third-order valence-electron chi connectivity index (χ3n) is 4.96. The van der Waals surface area contributed by atoms with Gasteiger partial charge in [-0.05, 0) is 73.8 Å². The summed E-state index contributed by atoms with van der Waals surface area (Å²) in [5.41, 5.74) is 0.841. The molecule has 3 rings (SSSR count). The lowest BCUT2D eigenvalue weighted by atomic mass is 9.74. The number of ether oxygens (including phenoxy) is 1. The van der Waals surface area contributed by atoms with Crippen LogP contribution in [0.15, 0.2) is 52.3 Å². The Morgan fingerprint density at radius 3 is 2.24 bits per heavy atom. The summed E-state index contributed by atoms with van der Waals surface area (Å²) in [6, 6.07) is 11.4. The first-order chi connectivity index (χ1) is 11.9. The van der Waals surface area contributed by atoms with Gasteiger partial charge in [0.05, 0.1) is 16.9 Å². The standard InChI is InChI=1S/C19H22ClNO3S/c1-19(9-11-21-12-10-19)17-13-16(7-8-18(17)24-2)25(22,23)15-5-3-14(20)4-6-15/h3-8,13,21H,9-12H2,1-2H3. The highest BCUT2D eigenvalue weighted by molar-refractivity contribution is 7.91. The average molecular weight is 380 g/mol. The molecule has 134 valence electrons. The number of methoxy groups -OCH3 is 1. The minimum absolute atomic E-state index is 0.109. The largest absolute Gasteiger partial charge is 0.496 e. The van der Waals surface area contributed by atoms with E-state index in [1.54, 1.807) is 37.4 Å². The van der Waals surface area contributed by atoms with Crippen LogP contribution in [0.1, 0.15) is 25.3 Å². The predicted molar refractivity (Wildman–Crippen MR) is 99.4 cm³/mol. The van der Waals surface area contributed by atoms with Crippen molar-refractivity contribution in [1.82, 2.24) is 5.32 Å². The third kappa shape index (κ3) is 3.54. The zero-order valence-electron chi connectivity index (χ0n) is 14.4. The molecule has 2 aromatic carbocycles. The Hall–Kier alpha value is -1.56. The maximum Gasteiger partial charge on any atom is 0.206 e. The van der Waals surface area contributed by atoms with Crippen molar-refractivity contribution in [2.75, 3.05) is 20.2 Å². The first-order valence-corrected chi connectivity index (χ1v) is 10.1. The van der Waals surface area contributed by atoms with Gasteiger partial charge in [0.15, 0.2) is 0 Å². The highest BCUT2D eigenvalue weighted by atomic mass is 35.5. The minimum atomic E-state index is -3.60. The van der Waals surface area contributed by atoms with Crippen molar-refractivity contribution in [3.63, 3.8) is 0 Å². The van der Waals surface area contributed by atoms with Crippen molar-refractivity contribution < 1.29 is 13.2 Å². The topological polar surface area (TPSA) is 55.4 Å². The van der Waals surface area contributed by atoms with Crippen molar-refractivity contribution in [3.05, 3.63) is 53.1 Å². The molecule has 2 aromatic rings. The number of benzene rings is 2. The van der Waals surface area contributed by atoms with Crippen LogP contribution >= 0.6 is 11.6 Å². The minimum Gasteiger partial charge on any atom is -0.496 e. The van der Waals surface area contributed by atoms with Crippen LogP contribution < -0.4 is 10.1 Å². The summed E-state index contributed by atoms with van der Waals surface area (Å²) >= 11 is 5.88. The molecule has 0 saturated carbocycles. The zero-order chi connectivity index (χ0) is 18.1. The molecule has 0 aliphatic carbocycles. The van der Waals surface area contributed by atoms with Gasteiger partial charge in [0.1, 0.15) is 5.75 Å². The highest BCUT2D eigenvalue weighted by Gasteiger charge is 2.33. The van der Waals surface area contributed by atoms with Gasteiger partial charge in [-0.1, -0.05) is 18.5 Å². The molecule has 1 N–H and O–H groups in total. The second-order valence-corrected chi connectivity index (χ2v) is 9.02. The van der Waals surface area contributed by atoms with Gasteiger partial charge in [0.25, 0.3) is 0 Å². The summed E-state index contributed by atoms with van der Waals surface area (Å²) in [5, 5.41) is 3.86. The molecule has 1 fully saturated rings. The van der Waals surface area contributed by atoms with Gasteiger partial charge in [-0.2, -0.15) is 0 Å². The average Bonchev–Trinajstić information content (AvgIpc) is 2.62. The fourth-order valence-electron chi connectivity index (χ4n) is 3.32. The van der Waals surface area contributed by atoms with E-state index in [0.29, 0.717) is 5.02 Å². The van der Waals surface area contributed by atoms with Gasteiger partial charge in [-0.3, -0.25) is 0 Å². The molecule has 0 atom stereocenters. The summed E-state index contributed by atoms with van der Waals surface area (Å²) in [7, 11) is -1.98. The molecule has 25 heavy (non-hydrogen) atoms. The molecule has 1 aliphatic heterocycles. The summed E-state index contributed by atoms with van der Waals surface area (Å²) < 4.78 is 31.5. The smallest absolute Gasteiger partial charge is 0.206 e. The Morgan fingerprint density at radius 2 is 1.64 bits per heavy atom. The van der Waals surface area contributed by atoms with Crippen molar-refractivity contribution in [1.29, 1.82) is 0 Å². The third-order valence-corrected chi connectivity index (χ3v) is 6.98. The van der Waals surface area contributed by atoms with Crippen LogP contribution in [0.3, 0.4) is 0 Å². The molecular formula is C19H22ClNO3S. The normalized spacial score (nSPS) is 17.2. The number of halogens is 1. The maximum atomic E-state index is 13.0. The second kappa shape index (κ2) is 6.98. The number of piperidine rings is 1. The molecule has 1 saturated heterocycles. The summed E-state index contributed by atoms with van der Waals surface area (Å²) in [4.78, 5) is 0.522. The van der Waals surface area contributed by atoms with Crippen molar-refractivity contribution >= 4 is 21.4 Å². The van der Waals surface area contributed by atoms with Crippen molar-refractivity contribution in [2.45, 2.75) is 35.0 Å². The number of nitrogens with one attached hydrogen (secondary N) is 1. The Bertz CT molecular complexity index is 857. The Kier molecular flexibility index (Phi) is 5.09. The van der Waals surface area contributed by atoms with Crippen molar-refractivity contribution in [3.8, 4) is 5.75 Å². The zero-order valence-corrected chi connectivity index (χ0v) is 16.0. The van der Waals surface area contributed by atoms with Crippen LogP contribution in [0.5, 0.6) is 5.75 Å². The second-order valence-electron chi connectivity index (χ2n) is 6.63. The SMILES string of the molecule is COc1ccc(S(=O)(=O)c2ccc(Cl)cc2)cc1C1(C)CCNCC1. The van der Waals surface area contributed by atoms with E-state index >= 15 is 0 Å². The first-order valence-electron chi connectivity index (χ1n) is 8.27. The molecule has 0 aromatic heterocycles. The van der Waals surface area contributed by atoms with Gasteiger partial charge in [0, 0.05) is 10.6 Å². The van der Waals surface area contributed by atoms with Gasteiger partial charge in [-0.25, -0.2) is 8.42 Å². The summed E-state index contributed by atoms with van der Waals surface area (Å²) in [5.74, 6) is 0.736. The summed E-state index contributed by atoms with van der Waals surface area (Å²) in [6.45, 7) is 3.99. The maximum absolute atomic E-state index is 13.0. The van der Waals surface area contributed by atoms with Crippen molar-refractivity contribution in [2.24, 2.45) is 0 Å². The number of rotatable bonds is 4. The molecule has 0 amide bonds. The molecule has 0 spiro atoms. The van der Waals surface area contributed by atoms with Crippen LogP contribution in [0.25, 0.3) is 0 Å². The molecule has 1 heterocycles. The quantitative estimate of drug-likeness (QED) is 0.877. The lowest BCUT2D eigenvalue weighted by molar-refractivity contribution is 0.316. The van der Waals surface area contributed by atoms with Gasteiger partial charge in [-0.15, -0.1) is 0 Å². The van der Waals surface area contributed by atoms with E-state index in [4.69, 9.17) is 16.3 Å². The molecule has 0 unspecified atom stereocenters. The number of sulfone groups is 1. The Morgan fingerprint density at radius 1 is 1.04 bits per heavy atom. The van der Waals surface area contributed by atoms with E-state index in [2.05, 4.69) is 12.2 Å². The van der Waals surface area contributed by atoms with E-state index in [0.717, 1.165) is 37.2 Å². The predicted octanol–water partition coefficient (Wildman–Crippen LogP) is 3.82. The number of hydrogen-bond donors (Lipinski definition) is 1. The van der Waals surface area contributed by atoms with E-state index in [1.807, 2.05) is 0 Å². The fourth-order valence-corrected chi connectivity index (χ4v) is 4.74. The fraction of sp³-hybridized carbons (Fsp3) is 0.368. The first kappa shape index (κ1) is 18.2. The van der Waals surface area contributed by atoms with E-state index in [1.165, 1.54) is 12.1 Å². The monoisotopic (exact) mass is 379 g/mol. The molecule has 0 bridgehead atoms. The van der Waals surface area contributed by atoms with Gasteiger partial charge in [0.2, 0.25) is 9.84 Å². The van der Waals surface area contributed by atoms with Crippen LogP contribution in [-0.4, -0.2) is 28.6 Å². The molecule has 0 radical (unpaired) electrons. The molecular weight excluding hydrogens is 358 g/mol.